The summed E-state index contributed by atoms with van der Waals surface area (Å²) in [5.74, 6) is -0.109. The van der Waals surface area contributed by atoms with E-state index in [1.165, 1.54) is 6.26 Å². The van der Waals surface area contributed by atoms with Gasteiger partial charge in [-0.25, -0.2) is 9.78 Å². The van der Waals surface area contributed by atoms with Gasteiger partial charge in [-0.3, -0.25) is 4.98 Å². The molecule has 17 heavy (non-hydrogen) atoms. The second-order valence-corrected chi connectivity index (χ2v) is 3.39. The Kier molecular flexibility index (Phi) is 3.18. The molecule has 0 bridgehead atoms. The minimum atomic E-state index is -0.482. The zero-order valence-corrected chi connectivity index (χ0v) is 9.64. The molecule has 0 amide bonds. The molecule has 0 aliphatic carbocycles. The van der Waals surface area contributed by atoms with Crippen molar-refractivity contribution in [1.29, 1.82) is 0 Å². The summed E-state index contributed by atoms with van der Waals surface area (Å²) in [5.41, 5.74) is 1.73. The molecule has 0 aliphatic rings. The Labute approximate surface area is 98.5 Å². The molecule has 5 heteroatoms. The lowest BCUT2D eigenvalue weighted by molar-refractivity contribution is 0.0519. The Balaban J connectivity index is 2.30. The third kappa shape index (κ3) is 2.33. The highest BCUT2D eigenvalue weighted by atomic mass is 16.5. The van der Waals surface area contributed by atoms with Crippen LogP contribution in [0.1, 0.15) is 23.1 Å². The first-order valence-electron chi connectivity index (χ1n) is 5.27. The van der Waals surface area contributed by atoms with E-state index in [4.69, 9.17) is 9.15 Å². The lowest BCUT2D eigenvalue weighted by atomic mass is 10.2. The van der Waals surface area contributed by atoms with Crippen molar-refractivity contribution in [3.63, 3.8) is 0 Å². The van der Waals surface area contributed by atoms with Gasteiger partial charge >= 0.3 is 5.97 Å². The number of oxazole rings is 1. The molecular formula is C12H12N2O3. The predicted molar refractivity (Wildman–Crippen MR) is 60.4 cm³/mol. The molecule has 2 aromatic heterocycles. The van der Waals surface area contributed by atoms with Crippen LogP contribution in [0.3, 0.4) is 0 Å². The van der Waals surface area contributed by atoms with Crippen LogP contribution in [0.15, 0.2) is 29.0 Å². The van der Waals surface area contributed by atoms with Crippen molar-refractivity contribution in [3.8, 4) is 11.5 Å². The zero-order chi connectivity index (χ0) is 12.3. The molecule has 0 spiro atoms. The molecule has 2 aromatic rings. The molecule has 0 unspecified atom stereocenters. The van der Waals surface area contributed by atoms with E-state index in [-0.39, 0.29) is 5.69 Å². The van der Waals surface area contributed by atoms with Gasteiger partial charge in [0.25, 0.3) is 0 Å². The van der Waals surface area contributed by atoms with Gasteiger partial charge in [-0.1, -0.05) is 0 Å². The summed E-state index contributed by atoms with van der Waals surface area (Å²) in [6, 6.07) is 3.62. The Hall–Kier alpha value is -2.17. The number of aromatic nitrogens is 2. The summed E-state index contributed by atoms with van der Waals surface area (Å²) < 4.78 is 10.1. The number of rotatable bonds is 3. The number of aryl methyl sites for hydroxylation is 1. The maximum absolute atomic E-state index is 11.4. The van der Waals surface area contributed by atoms with Gasteiger partial charge in [0, 0.05) is 11.9 Å². The average Bonchev–Trinajstić information content (AvgIpc) is 2.79. The maximum Gasteiger partial charge on any atom is 0.360 e. The van der Waals surface area contributed by atoms with Crippen molar-refractivity contribution >= 4 is 5.97 Å². The minimum absolute atomic E-state index is 0.171. The van der Waals surface area contributed by atoms with E-state index in [1.54, 1.807) is 19.2 Å². The average molecular weight is 232 g/mol. The Morgan fingerprint density at radius 2 is 2.35 bits per heavy atom. The number of hydrogen-bond donors (Lipinski definition) is 0. The highest BCUT2D eigenvalue weighted by Crippen LogP contribution is 2.20. The van der Waals surface area contributed by atoms with Gasteiger partial charge in [-0.05, 0) is 26.0 Å². The number of hydrogen-bond acceptors (Lipinski definition) is 5. The normalized spacial score (nSPS) is 10.2. The summed E-state index contributed by atoms with van der Waals surface area (Å²) in [4.78, 5) is 19.6. The zero-order valence-electron chi connectivity index (χ0n) is 9.64. The number of carbonyl (C=O) groups is 1. The van der Waals surface area contributed by atoms with Gasteiger partial charge in [0.05, 0.1) is 12.2 Å². The molecule has 0 N–H and O–H groups in total. The monoisotopic (exact) mass is 232 g/mol. The lowest BCUT2D eigenvalue weighted by Crippen LogP contribution is -2.04. The molecule has 5 nitrogen and oxygen atoms in total. The van der Waals surface area contributed by atoms with Crippen LogP contribution in [0.5, 0.6) is 0 Å². The number of nitrogens with zero attached hydrogens (tertiary/aromatic N) is 2. The van der Waals surface area contributed by atoms with Crippen molar-refractivity contribution < 1.29 is 13.9 Å². The maximum atomic E-state index is 11.4. The van der Waals surface area contributed by atoms with Crippen LogP contribution >= 0.6 is 0 Å². The first-order valence-corrected chi connectivity index (χ1v) is 5.27. The summed E-state index contributed by atoms with van der Waals surface area (Å²) in [6.07, 6.45) is 2.98. The summed E-state index contributed by atoms with van der Waals surface area (Å²) in [7, 11) is 0. The predicted octanol–water partition coefficient (Wildman–Crippen LogP) is 2.22. The second kappa shape index (κ2) is 4.78. The molecule has 0 aromatic carbocycles. The van der Waals surface area contributed by atoms with Gasteiger partial charge in [-0.15, -0.1) is 0 Å². The fraction of sp³-hybridized carbons (Fsp3) is 0.250. The van der Waals surface area contributed by atoms with Crippen LogP contribution < -0.4 is 0 Å². The topological polar surface area (TPSA) is 65.2 Å². The van der Waals surface area contributed by atoms with Gasteiger partial charge < -0.3 is 9.15 Å². The van der Waals surface area contributed by atoms with Crippen molar-refractivity contribution in [2.75, 3.05) is 6.61 Å². The highest BCUT2D eigenvalue weighted by molar-refractivity contribution is 5.87. The SMILES string of the molecule is CCOC(=O)c1coc(-c2cccnc2C)n1. The van der Waals surface area contributed by atoms with Gasteiger partial charge in [0.2, 0.25) is 5.89 Å². The first kappa shape index (κ1) is 11.3. The molecule has 0 aliphatic heterocycles. The minimum Gasteiger partial charge on any atom is -0.461 e. The molecule has 0 saturated heterocycles. The van der Waals surface area contributed by atoms with Crippen molar-refractivity contribution in [2.45, 2.75) is 13.8 Å². The van der Waals surface area contributed by atoms with Gasteiger partial charge in [0.1, 0.15) is 6.26 Å². The van der Waals surface area contributed by atoms with Crippen LogP contribution in [-0.4, -0.2) is 22.5 Å². The Morgan fingerprint density at radius 1 is 1.53 bits per heavy atom. The van der Waals surface area contributed by atoms with Crippen LogP contribution in [0, 0.1) is 6.92 Å². The largest absolute Gasteiger partial charge is 0.461 e. The molecule has 0 saturated carbocycles. The summed E-state index contributed by atoms with van der Waals surface area (Å²) in [5, 5.41) is 0. The number of ether oxygens (including phenoxy) is 1. The number of esters is 1. The molecule has 2 heterocycles. The van der Waals surface area contributed by atoms with Crippen LogP contribution in [-0.2, 0) is 4.74 Å². The van der Waals surface area contributed by atoms with E-state index in [1.807, 2.05) is 13.0 Å². The van der Waals surface area contributed by atoms with Crippen LogP contribution in [0.2, 0.25) is 0 Å². The second-order valence-electron chi connectivity index (χ2n) is 3.39. The smallest absolute Gasteiger partial charge is 0.360 e. The molecule has 0 radical (unpaired) electrons. The third-order valence-electron chi connectivity index (χ3n) is 2.23. The summed E-state index contributed by atoms with van der Waals surface area (Å²) in [6.45, 7) is 3.90. The Bertz CT molecular complexity index is 534. The van der Waals surface area contributed by atoms with Crippen molar-refractivity contribution in [3.05, 3.63) is 36.0 Å². The van der Waals surface area contributed by atoms with E-state index in [0.717, 1.165) is 11.3 Å². The highest BCUT2D eigenvalue weighted by Gasteiger charge is 2.15. The van der Waals surface area contributed by atoms with Crippen molar-refractivity contribution in [2.24, 2.45) is 0 Å². The molecular weight excluding hydrogens is 220 g/mol. The van der Waals surface area contributed by atoms with E-state index >= 15 is 0 Å². The fourth-order valence-corrected chi connectivity index (χ4v) is 1.41. The summed E-state index contributed by atoms with van der Waals surface area (Å²) >= 11 is 0. The lowest BCUT2D eigenvalue weighted by Gasteiger charge is -1.98. The van der Waals surface area contributed by atoms with Crippen LogP contribution in [0.25, 0.3) is 11.5 Å². The molecule has 2 rings (SSSR count). The molecule has 88 valence electrons. The third-order valence-corrected chi connectivity index (χ3v) is 2.23. The van der Waals surface area contributed by atoms with Gasteiger partial charge in [-0.2, -0.15) is 0 Å². The first-order chi connectivity index (χ1) is 8.22. The van der Waals surface area contributed by atoms with E-state index in [0.29, 0.717) is 12.5 Å². The van der Waals surface area contributed by atoms with E-state index in [2.05, 4.69) is 9.97 Å². The molecule has 0 atom stereocenters. The van der Waals surface area contributed by atoms with E-state index in [9.17, 15) is 4.79 Å². The Morgan fingerprint density at radius 3 is 3.06 bits per heavy atom. The van der Waals surface area contributed by atoms with Gasteiger partial charge in [0.15, 0.2) is 5.69 Å². The van der Waals surface area contributed by atoms with Crippen LogP contribution in [0.4, 0.5) is 0 Å². The van der Waals surface area contributed by atoms with Crippen molar-refractivity contribution in [1.82, 2.24) is 9.97 Å². The van der Waals surface area contributed by atoms with E-state index < -0.39 is 5.97 Å². The standard InChI is InChI=1S/C12H12N2O3/c1-3-16-12(15)10-7-17-11(14-10)9-5-4-6-13-8(9)2/h4-7H,3H2,1-2H3. The number of carbonyl (C=O) groups excluding carboxylic acids is 1. The molecule has 0 fully saturated rings. The number of pyridine rings is 1. The fourth-order valence-electron chi connectivity index (χ4n) is 1.41. The quantitative estimate of drug-likeness (QED) is 0.759.